The minimum Gasteiger partial charge on any atom is -0.369 e. The van der Waals surface area contributed by atoms with Gasteiger partial charge in [-0.3, -0.25) is 4.79 Å². The molecular weight excluding hydrogens is 152 g/mol. The number of primary amides is 1. The van der Waals surface area contributed by atoms with Crippen LogP contribution in [0.3, 0.4) is 0 Å². The molecule has 0 aromatic rings. The quantitative estimate of drug-likeness (QED) is 0.652. The van der Waals surface area contributed by atoms with Gasteiger partial charge in [0.15, 0.2) is 0 Å². The molecule has 1 saturated carbocycles. The predicted octanol–water partition coefficient (Wildman–Crippen LogP) is 0.627. The number of hydrogen-bond donors (Lipinski definition) is 2. The maximum Gasteiger partial charge on any atom is 0.222 e. The Hall–Kier alpha value is -0.570. The van der Waals surface area contributed by atoms with Crippen molar-refractivity contribution in [3.8, 4) is 0 Å². The van der Waals surface area contributed by atoms with Crippen molar-refractivity contribution >= 4 is 5.91 Å². The molecule has 0 saturated heterocycles. The van der Waals surface area contributed by atoms with Crippen LogP contribution in [0, 0.1) is 11.8 Å². The summed E-state index contributed by atoms with van der Waals surface area (Å²) in [5.41, 5.74) is 10.8. The van der Waals surface area contributed by atoms with Crippen LogP contribution in [-0.4, -0.2) is 12.5 Å². The summed E-state index contributed by atoms with van der Waals surface area (Å²) in [6.07, 6.45) is 6.02. The van der Waals surface area contributed by atoms with E-state index in [-0.39, 0.29) is 11.8 Å². The molecule has 0 bridgehead atoms. The van der Waals surface area contributed by atoms with Gasteiger partial charge in [0.25, 0.3) is 0 Å². The molecule has 1 atom stereocenters. The van der Waals surface area contributed by atoms with E-state index in [0.717, 1.165) is 12.8 Å². The fraction of sp³-hybridized carbons (Fsp3) is 0.889. The number of amides is 1. The summed E-state index contributed by atoms with van der Waals surface area (Å²) in [4.78, 5) is 11.0. The third-order valence-electron chi connectivity index (χ3n) is 2.84. The molecule has 3 nitrogen and oxygen atoms in total. The molecule has 1 aliphatic rings. The van der Waals surface area contributed by atoms with Gasteiger partial charge in [0.05, 0.1) is 5.92 Å². The highest BCUT2D eigenvalue weighted by molar-refractivity contribution is 5.77. The van der Waals surface area contributed by atoms with E-state index in [2.05, 4.69) is 0 Å². The topological polar surface area (TPSA) is 69.1 Å². The second-order valence-corrected chi connectivity index (χ2v) is 3.64. The van der Waals surface area contributed by atoms with E-state index in [0.29, 0.717) is 12.5 Å². The second kappa shape index (κ2) is 4.45. The Kier molecular flexibility index (Phi) is 3.53. The molecule has 0 aromatic carbocycles. The van der Waals surface area contributed by atoms with E-state index >= 15 is 0 Å². The van der Waals surface area contributed by atoms with Crippen molar-refractivity contribution in [2.75, 3.05) is 6.54 Å². The van der Waals surface area contributed by atoms with Crippen molar-refractivity contribution in [1.82, 2.24) is 0 Å². The summed E-state index contributed by atoms with van der Waals surface area (Å²) in [6, 6.07) is 0. The summed E-state index contributed by atoms with van der Waals surface area (Å²) in [6.45, 7) is 0.417. The van der Waals surface area contributed by atoms with Gasteiger partial charge in [0, 0.05) is 6.54 Å². The molecule has 1 fully saturated rings. The lowest BCUT2D eigenvalue weighted by molar-refractivity contribution is -0.123. The van der Waals surface area contributed by atoms with Crippen molar-refractivity contribution in [2.45, 2.75) is 32.1 Å². The minimum absolute atomic E-state index is 0.0784. The Morgan fingerprint density at radius 1 is 1.33 bits per heavy atom. The van der Waals surface area contributed by atoms with Crippen molar-refractivity contribution in [3.05, 3.63) is 0 Å². The summed E-state index contributed by atoms with van der Waals surface area (Å²) < 4.78 is 0. The molecule has 0 heterocycles. The lowest BCUT2D eigenvalue weighted by Crippen LogP contribution is -2.36. The number of carbonyl (C=O) groups excluding carboxylic acids is 1. The van der Waals surface area contributed by atoms with Crippen LogP contribution in [-0.2, 0) is 4.79 Å². The first-order valence-electron chi connectivity index (χ1n) is 4.75. The van der Waals surface area contributed by atoms with E-state index in [9.17, 15) is 4.79 Å². The maximum atomic E-state index is 11.0. The number of nitrogens with two attached hydrogens (primary N) is 2. The zero-order valence-corrected chi connectivity index (χ0v) is 7.46. The molecule has 0 aromatic heterocycles. The Morgan fingerprint density at radius 2 is 1.92 bits per heavy atom. The molecular formula is C9H18N2O. The zero-order chi connectivity index (χ0) is 8.97. The molecule has 12 heavy (non-hydrogen) atoms. The van der Waals surface area contributed by atoms with Gasteiger partial charge in [-0.25, -0.2) is 0 Å². The summed E-state index contributed by atoms with van der Waals surface area (Å²) >= 11 is 0. The van der Waals surface area contributed by atoms with Crippen molar-refractivity contribution in [2.24, 2.45) is 23.3 Å². The van der Waals surface area contributed by atoms with Crippen LogP contribution in [0.2, 0.25) is 0 Å². The van der Waals surface area contributed by atoms with Gasteiger partial charge in [-0.2, -0.15) is 0 Å². The normalized spacial score (nSPS) is 22.1. The highest BCUT2D eigenvalue weighted by Gasteiger charge is 2.26. The van der Waals surface area contributed by atoms with Crippen molar-refractivity contribution in [3.63, 3.8) is 0 Å². The standard InChI is InChI=1S/C9H18N2O/c10-6-8(9(11)12)7-4-2-1-3-5-7/h7-8H,1-6,10H2,(H2,11,12)/t8-/m1/s1. The monoisotopic (exact) mass is 170 g/mol. The zero-order valence-electron chi connectivity index (χ0n) is 7.46. The Bertz CT molecular complexity index is 153. The molecule has 0 aliphatic heterocycles. The molecule has 1 rings (SSSR count). The average molecular weight is 170 g/mol. The van der Waals surface area contributed by atoms with Gasteiger partial charge in [-0.05, 0) is 18.8 Å². The molecule has 3 heteroatoms. The fourth-order valence-electron chi connectivity index (χ4n) is 2.08. The van der Waals surface area contributed by atoms with Gasteiger partial charge in [-0.1, -0.05) is 19.3 Å². The van der Waals surface area contributed by atoms with Gasteiger partial charge in [0.1, 0.15) is 0 Å². The Labute approximate surface area is 73.5 Å². The largest absolute Gasteiger partial charge is 0.369 e. The van der Waals surface area contributed by atoms with Crippen LogP contribution in [0.25, 0.3) is 0 Å². The van der Waals surface area contributed by atoms with Gasteiger partial charge >= 0.3 is 0 Å². The Balaban J connectivity index is 2.46. The van der Waals surface area contributed by atoms with E-state index in [1.165, 1.54) is 19.3 Å². The first kappa shape index (κ1) is 9.52. The lowest BCUT2D eigenvalue weighted by Gasteiger charge is -2.26. The van der Waals surface area contributed by atoms with E-state index in [1.54, 1.807) is 0 Å². The fourth-order valence-corrected chi connectivity index (χ4v) is 2.08. The number of carbonyl (C=O) groups is 1. The molecule has 1 amide bonds. The Morgan fingerprint density at radius 3 is 2.33 bits per heavy atom. The number of rotatable bonds is 3. The second-order valence-electron chi connectivity index (χ2n) is 3.64. The average Bonchev–Trinajstić information content (AvgIpc) is 2.07. The van der Waals surface area contributed by atoms with Gasteiger partial charge in [-0.15, -0.1) is 0 Å². The lowest BCUT2D eigenvalue weighted by atomic mass is 9.80. The van der Waals surface area contributed by atoms with E-state index in [4.69, 9.17) is 11.5 Å². The van der Waals surface area contributed by atoms with Gasteiger partial charge in [0.2, 0.25) is 5.91 Å². The van der Waals surface area contributed by atoms with Crippen LogP contribution in [0.1, 0.15) is 32.1 Å². The van der Waals surface area contributed by atoms with Gasteiger partial charge < -0.3 is 11.5 Å². The van der Waals surface area contributed by atoms with Crippen LogP contribution in [0.15, 0.2) is 0 Å². The predicted molar refractivity (Wildman–Crippen MR) is 48.3 cm³/mol. The maximum absolute atomic E-state index is 11.0. The molecule has 0 unspecified atom stereocenters. The van der Waals surface area contributed by atoms with Crippen molar-refractivity contribution in [1.29, 1.82) is 0 Å². The first-order chi connectivity index (χ1) is 5.75. The number of hydrogen-bond acceptors (Lipinski definition) is 2. The minimum atomic E-state index is -0.218. The molecule has 70 valence electrons. The SMILES string of the molecule is NC[C@@H](C(N)=O)C1CCCCC1. The summed E-state index contributed by atoms with van der Waals surface area (Å²) in [5, 5.41) is 0. The molecule has 4 N–H and O–H groups in total. The highest BCUT2D eigenvalue weighted by Crippen LogP contribution is 2.29. The smallest absolute Gasteiger partial charge is 0.222 e. The summed E-state index contributed by atoms with van der Waals surface area (Å²) in [7, 11) is 0. The molecule has 0 radical (unpaired) electrons. The highest BCUT2D eigenvalue weighted by atomic mass is 16.1. The van der Waals surface area contributed by atoms with E-state index < -0.39 is 0 Å². The third kappa shape index (κ3) is 2.21. The van der Waals surface area contributed by atoms with Crippen molar-refractivity contribution < 1.29 is 4.79 Å². The van der Waals surface area contributed by atoms with Crippen LogP contribution in [0.5, 0.6) is 0 Å². The first-order valence-corrected chi connectivity index (χ1v) is 4.75. The summed E-state index contributed by atoms with van der Waals surface area (Å²) in [5.74, 6) is 0.163. The van der Waals surface area contributed by atoms with Crippen LogP contribution >= 0.6 is 0 Å². The van der Waals surface area contributed by atoms with Crippen LogP contribution in [0.4, 0.5) is 0 Å². The third-order valence-corrected chi connectivity index (χ3v) is 2.84. The molecule has 0 spiro atoms. The molecule has 1 aliphatic carbocycles. The van der Waals surface area contributed by atoms with E-state index in [1.807, 2.05) is 0 Å². The van der Waals surface area contributed by atoms with Crippen LogP contribution < -0.4 is 11.5 Å².